The zero-order chi connectivity index (χ0) is 15.5. The lowest BCUT2D eigenvalue weighted by Gasteiger charge is -2.19. The molecule has 0 unspecified atom stereocenters. The topological polar surface area (TPSA) is 44.2 Å². The van der Waals surface area contributed by atoms with Gasteiger partial charge < -0.3 is 9.47 Å². The highest BCUT2D eigenvalue weighted by Crippen LogP contribution is 2.27. The van der Waals surface area contributed by atoms with Crippen LogP contribution < -0.4 is 4.74 Å². The van der Waals surface area contributed by atoms with Crippen molar-refractivity contribution in [2.24, 2.45) is 0 Å². The molecule has 112 valence electrons. The molecule has 0 amide bonds. The Bertz CT molecular complexity index is 607. The number of halogens is 1. The maximum absolute atomic E-state index is 5.95. The van der Waals surface area contributed by atoms with E-state index in [1.54, 1.807) is 13.2 Å². The molecule has 0 aliphatic heterocycles. The van der Waals surface area contributed by atoms with Crippen molar-refractivity contribution >= 4 is 11.6 Å². The van der Waals surface area contributed by atoms with E-state index in [4.69, 9.17) is 21.1 Å². The summed E-state index contributed by atoms with van der Waals surface area (Å²) >= 11 is 5.95. The molecular weight excluding hydrogens is 288 g/mol. The molecule has 0 N–H and O–H groups in total. The van der Waals surface area contributed by atoms with Gasteiger partial charge in [-0.2, -0.15) is 4.98 Å². The minimum Gasteiger partial charge on any atom is -0.439 e. The smallest absolute Gasteiger partial charge is 0.224 e. The summed E-state index contributed by atoms with van der Waals surface area (Å²) in [4.78, 5) is 8.31. The van der Waals surface area contributed by atoms with Gasteiger partial charge in [-0.3, -0.25) is 0 Å². The van der Waals surface area contributed by atoms with Crippen LogP contribution in [0, 0.1) is 0 Å². The molecule has 0 aliphatic carbocycles. The maximum atomic E-state index is 5.95. The van der Waals surface area contributed by atoms with Crippen molar-refractivity contribution in [1.82, 2.24) is 9.97 Å². The summed E-state index contributed by atoms with van der Waals surface area (Å²) in [6.45, 7) is 6.80. The van der Waals surface area contributed by atoms with Crippen molar-refractivity contribution in [3.8, 4) is 11.6 Å². The fraction of sp³-hybridized carbons (Fsp3) is 0.375. The monoisotopic (exact) mass is 306 g/mol. The van der Waals surface area contributed by atoms with Gasteiger partial charge in [0.1, 0.15) is 17.5 Å². The summed E-state index contributed by atoms with van der Waals surface area (Å²) in [5, 5.41) is 0.332. The van der Waals surface area contributed by atoms with Crippen LogP contribution in [0.25, 0.3) is 0 Å². The molecule has 1 heterocycles. The Morgan fingerprint density at radius 2 is 1.76 bits per heavy atom. The van der Waals surface area contributed by atoms with E-state index >= 15 is 0 Å². The second kappa shape index (κ2) is 6.41. The molecule has 1 aromatic heterocycles. The van der Waals surface area contributed by atoms with Gasteiger partial charge >= 0.3 is 0 Å². The molecule has 4 nitrogen and oxygen atoms in total. The number of aromatic nitrogens is 2. The van der Waals surface area contributed by atoms with Crippen LogP contribution in [0.3, 0.4) is 0 Å². The Morgan fingerprint density at radius 3 is 2.33 bits per heavy atom. The normalized spacial score (nSPS) is 11.5. The summed E-state index contributed by atoms with van der Waals surface area (Å²) in [7, 11) is 1.58. The van der Waals surface area contributed by atoms with Crippen molar-refractivity contribution < 1.29 is 9.47 Å². The van der Waals surface area contributed by atoms with Gasteiger partial charge in [0.15, 0.2) is 5.82 Å². The lowest BCUT2D eigenvalue weighted by molar-refractivity contribution is 0.177. The predicted octanol–water partition coefficient (Wildman–Crippen LogP) is 4.37. The molecular formula is C16H19ClN2O2. The zero-order valence-electron chi connectivity index (χ0n) is 12.7. The largest absolute Gasteiger partial charge is 0.439 e. The van der Waals surface area contributed by atoms with Crippen LogP contribution in [-0.2, 0) is 16.8 Å². The average Bonchev–Trinajstić information content (AvgIpc) is 2.38. The Morgan fingerprint density at radius 1 is 1.10 bits per heavy atom. The second-order valence-electron chi connectivity index (χ2n) is 5.75. The third-order valence-corrected chi connectivity index (χ3v) is 3.13. The molecule has 0 fully saturated rings. The van der Waals surface area contributed by atoms with Crippen LogP contribution >= 0.6 is 11.6 Å². The summed E-state index contributed by atoms with van der Waals surface area (Å²) in [6.07, 6.45) is 0. The van der Waals surface area contributed by atoms with Crippen molar-refractivity contribution in [3.05, 3.63) is 46.9 Å². The van der Waals surface area contributed by atoms with E-state index in [0.717, 1.165) is 0 Å². The van der Waals surface area contributed by atoms with Crippen LogP contribution in [0.15, 0.2) is 30.3 Å². The highest BCUT2D eigenvalue weighted by Gasteiger charge is 2.13. The number of nitrogens with zero attached hydrogens (tertiary/aromatic N) is 2. The Kier molecular flexibility index (Phi) is 4.80. The van der Waals surface area contributed by atoms with E-state index in [1.807, 2.05) is 24.3 Å². The van der Waals surface area contributed by atoms with Gasteiger partial charge in [-0.1, -0.05) is 44.5 Å². The Hall–Kier alpha value is -1.65. The molecule has 2 aromatic rings. The highest BCUT2D eigenvalue weighted by molar-refractivity contribution is 6.29. The number of hydrogen-bond donors (Lipinski definition) is 0. The summed E-state index contributed by atoms with van der Waals surface area (Å²) in [5.74, 6) is 1.61. The summed E-state index contributed by atoms with van der Waals surface area (Å²) in [6, 6.07) is 9.53. The van der Waals surface area contributed by atoms with E-state index in [9.17, 15) is 0 Å². The maximum Gasteiger partial charge on any atom is 0.224 e. The van der Waals surface area contributed by atoms with Gasteiger partial charge in [0.25, 0.3) is 0 Å². The minimum atomic E-state index is 0.113. The van der Waals surface area contributed by atoms with E-state index < -0.39 is 0 Å². The molecule has 0 bridgehead atoms. The van der Waals surface area contributed by atoms with Gasteiger partial charge in [-0.25, -0.2) is 4.98 Å². The van der Waals surface area contributed by atoms with Crippen LogP contribution in [0.5, 0.6) is 11.6 Å². The molecule has 0 saturated carbocycles. The van der Waals surface area contributed by atoms with Crippen molar-refractivity contribution in [3.63, 3.8) is 0 Å². The van der Waals surface area contributed by atoms with E-state index in [1.165, 1.54) is 5.56 Å². The quantitative estimate of drug-likeness (QED) is 0.787. The van der Waals surface area contributed by atoms with Crippen LogP contribution in [0.4, 0.5) is 0 Å². The van der Waals surface area contributed by atoms with Crippen LogP contribution in [0.2, 0.25) is 5.15 Å². The minimum absolute atomic E-state index is 0.113. The van der Waals surface area contributed by atoms with E-state index in [2.05, 4.69) is 30.7 Å². The highest BCUT2D eigenvalue weighted by atomic mass is 35.5. The molecule has 2 rings (SSSR count). The molecule has 21 heavy (non-hydrogen) atoms. The first-order valence-electron chi connectivity index (χ1n) is 6.69. The molecule has 0 saturated heterocycles. The Balaban J connectivity index is 2.18. The lowest BCUT2D eigenvalue weighted by Crippen LogP contribution is -2.10. The van der Waals surface area contributed by atoms with Gasteiger partial charge in [-0.05, 0) is 23.1 Å². The molecule has 0 radical (unpaired) electrons. The molecule has 0 spiro atoms. The van der Waals surface area contributed by atoms with Crippen molar-refractivity contribution in [2.75, 3.05) is 7.11 Å². The first-order chi connectivity index (χ1) is 9.88. The number of hydrogen-bond acceptors (Lipinski definition) is 4. The number of methoxy groups -OCH3 is 1. The SMILES string of the molecule is COCc1nc(Cl)cc(Oc2ccc(C(C)(C)C)cc2)n1. The van der Waals surface area contributed by atoms with Gasteiger partial charge in [-0.15, -0.1) is 0 Å². The summed E-state index contributed by atoms with van der Waals surface area (Å²) in [5.41, 5.74) is 1.36. The molecule has 0 atom stereocenters. The predicted molar refractivity (Wildman–Crippen MR) is 83.0 cm³/mol. The zero-order valence-corrected chi connectivity index (χ0v) is 13.4. The van der Waals surface area contributed by atoms with Crippen LogP contribution in [-0.4, -0.2) is 17.1 Å². The average molecular weight is 307 g/mol. The Labute approximate surface area is 130 Å². The first kappa shape index (κ1) is 15.7. The standard InChI is InChI=1S/C16H19ClN2O2/c1-16(2,3)11-5-7-12(8-6-11)21-15-9-13(17)18-14(19-15)10-20-4/h5-9H,10H2,1-4H3. The molecule has 0 aliphatic rings. The second-order valence-corrected chi connectivity index (χ2v) is 6.14. The molecule has 1 aromatic carbocycles. The van der Waals surface area contributed by atoms with E-state index in [0.29, 0.717) is 29.2 Å². The van der Waals surface area contributed by atoms with Crippen molar-refractivity contribution in [1.29, 1.82) is 0 Å². The fourth-order valence-corrected chi connectivity index (χ4v) is 2.02. The summed E-state index contributed by atoms with van der Waals surface area (Å²) < 4.78 is 10.7. The molecule has 5 heteroatoms. The van der Waals surface area contributed by atoms with Gasteiger partial charge in [0.05, 0.1) is 0 Å². The lowest BCUT2D eigenvalue weighted by atomic mass is 9.87. The van der Waals surface area contributed by atoms with Gasteiger partial charge in [0, 0.05) is 13.2 Å². The van der Waals surface area contributed by atoms with Crippen molar-refractivity contribution in [2.45, 2.75) is 32.8 Å². The third-order valence-electron chi connectivity index (χ3n) is 2.93. The number of ether oxygens (including phenoxy) is 2. The first-order valence-corrected chi connectivity index (χ1v) is 7.07. The van der Waals surface area contributed by atoms with E-state index in [-0.39, 0.29) is 5.41 Å². The van der Waals surface area contributed by atoms with Gasteiger partial charge in [0.2, 0.25) is 5.88 Å². The number of rotatable bonds is 4. The third kappa shape index (κ3) is 4.41. The fourth-order valence-electron chi connectivity index (χ4n) is 1.83. The number of benzene rings is 1. The van der Waals surface area contributed by atoms with Crippen LogP contribution in [0.1, 0.15) is 32.2 Å².